The lowest BCUT2D eigenvalue weighted by atomic mass is 10.2. The lowest BCUT2D eigenvalue weighted by molar-refractivity contribution is 0.265. The van der Waals surface area contributed by atoms with E-state index in [9.17, 15) is 5.11 Å². The van der Waals surface area contributed by atoms with Gasteiger partial charge in [0.1, 0.15) is 6.61 Å². The van der Waals surface area contributed by atoms with Gasteiger partial charge in [-0.1, -0.05) is 31.9 Å². The molecule has 2 rings (SSSR count). The fourth-order valence-electron chi connectivity index (χ4n) is 1.68. The van der Waals surface area contributed by atoms with Crippen LogP contribution in [0.4, 0.5) is 0 Å². The lowest BCUT2D eigenvalue weighted by Crippen LogP contribution is -2.03. The molecule has 0 radical (unpaired) electrons. The third-order valence-electron chi connectivity index (χ3n) is 2.41. The van der Waals surface area contributed by atoms with Gasteiger partial charge in [-0.2, -0.15) is 0 Å². The topological polar surface area (TPSA) is 50.9 Å². The van der Waals surface area contributed by atoms with Crippen molar-refractivity contribution >= 4 is 31.9 Å². The summed E-state index contributed by atoms with van der Waals surface area (Å²) < 4.78 is 3.84. The molecule has 0 spiro atoms. The minimum atomic E-state index is -0.101. The first-order chi connectivity index (χ1) is 8.15. The van der Waals surface area contributed by atoms with Crippen LogP contribution in [-0.4, -0.2) is 19.9 Å². The van der Waals surface area contributed by atoms with Crippen LogP contribution < -0.4 is 0 Å². The summed E-state index contributed by atoms with van der Waals surface area (Å²) in [4.78, 5) is 0. The van der Waals surface area contributed by atoms with Crippen LogP contribution in [0.25, 0.3) is 11.4 Å². The molecule has 1 aromatic heterocycles. The second-order valence-corrected chi connectivity index (χ2v) is 5.33. The van der Waals surface area contributed by atoms with Crippen molar-refractivity contribution in [3.05, 3.63) is 33.0 Å². The number of benzene rings is 1. The second kappa shape index (κ2) is 5.29. The average molecular weight is 361 g/mol. The van der Waals surface area contributed by atoms with E-state index in [2.05, 4.69) is 42.1 Å². The van der Waals surface area contributed by atoms with Gasteiger partial charge in [-0.15, -0.1) is 10.2 Å². The number of halogens is 2. The summed E-state index contributed by atoms with van der Waals surface area (Å²) in [6, 6.07) is 5.91. The van der Waals surface area contributed by atoms with Crippen molar-refractivity contribution in [3.63, 3.8) is 0 Å². The molecule has 90 valence electrons. The first-order valence-corrected chi connectivity index (χ1v) is 6.73. The van der Waals surface area contributed by atoms with Crippen LogP contribution >= 0.6 is 31.9 Å². The van der Waals surface area contributed by atoms with Gasteiger partial charge in [0.15, 0.2) is 11.6 Å². The highest BCUT2D eigenvalue weighted by Gasteiger charge is 2.12. The molecule has 0 unspecified atom stereocenters. The van der Waals surface area contributed by atoms with Crippen molar-refractivity contribution in [1.29, 1.82) is 0 Å². The van der Waals surface area contributed by atoms with Gasteiger partial charge in [0, 0.05) is 21.1 Å². The molecular formula is C11H11Br2N3O. The van der Waals surface area contributed by atoms with E-state index in [1.165, 1.54) is 0 Å². The Balaban J connectivity index is 2.55. The molecule has 0 saturated carbocycles. The zero-order valence-corrected chi connectivity index (χ0v) is 12.4. The van der Waals surface area contributed by atoms with E-state index in [-0.39, 0.29) is 6.61 Å². The van der Waals surface area contributed by atoms with Crippen LogP contribution in [-0.2, 0) is 13.2 Å². The quantitative estimate of drug-likeness (QED) is 0.915. The molecule has 0 fully saturated rings. The molecule has 1 N–H and O–H groups in total. The van der Waals surface area contributed by atoms with Gasteiger partial charge in [0.2, 0.25) is 0 Å². The Morgan fingerprint density at radius 3 is 2.35 bits per heavy atom. The number of hydrogen-bond acceptors (Lipinski definition) is 3. The highest BCUT2D eigenvalue weighted by molar-refractivity contribution is 9.11. The Labute approximate surface area is 116 Å². The predicted octanol–water partition coefficient (Wildman–Crippen LogP) is 2.98. The van der Waals surface area contributed by atoms with Crippen molar-refractivity contribution in [2.75, 3.05) is 0 Å². The third-order valence-corrected chi connectivity index (χ3v) is 3.32. The molecule has 2 aromatic rings. The molecular weight excluding hydrogens is 350 g/mol. The van der Waals surface area contributed by atoms with Crippen molar-refractivity contribution in [2.24, 2.45) is 0 Å². The summed E-state index contributed by atoms with van der Waals surface area (Å²) in [5.74, 6) is 1.34. The molecule has 17 heavy (non-hydrogen) atoms. The molecule has 0 saturated heterocycles. The van der Waals surface area contributed by atoms with Gasteiger partial charge >= 0.3 is 0 Å². The summed E-state index contributed by atoms with van der Waals surface area (Å²) in [5.41, 5.74) is 0.959. The van der Waals surface area contributed by atoms with Crippen molar-refractivity contribution in [2.45, 2.75) is 20.1 Å². The van der Waals surface area contributed by atoms with E-state index < -0.39 is 0 Å². The molecule has 4 nitrogen and oxygen atoms in total. The molecule has 6 heteroatoms. The maximum absolute atomic E-state index is 9.18. The minimum Gasteiger partial charge on any atom is -0.388 e. The smallest absolute Gasteiger partial charge is 0.164 e. The first-order valence-electron chi connectivity index (χ1n) is 5.15. The Bertz CT molecular complexity index is 519. The Morgan fingerprint density at radius 1 is 1.18 bits per heavy atom. The Morgan fingerprint density at radius 2 is 1.82 bits per heavy atom. The summed E-state index contributed by atoms with van der Waals surface area (Å²) in [7, 11) is 0. The highest BCUT2D eigenvalue weighted by atomic mass is 79.9. The number of rotatable bonds is 3. The minimum absolute atomic E-state index is 0.101. The first kappa shape index (κ1) is 12.7. The molecule has 0 aliphatic rings. The number of aliphatic hydroxyl groups excluding tert-OH is 1. The van der Waals surface area contributed by atoms with E-state index in [0.29, 0.717) is 5.82 Å². The summed E-state index contributed by atoms with van der Waals surface area (Å²) >= 11 is 6.89. The largest absolute Gasteiger partial charge is 0.388 e. The summed E-state index contributed by atoms with van der Waals surface area (Å²) in [6.45, 7) is 2.62. The van der Waals surface area contributed by atoms with Crippen molar-refractivity contribution in [1.82, 2.24) is 14.8 Å². The average Bonchev–Trinajstić information content (AvgIpc) is 2.70. The second-order valence-electron chi connectivity index (χ2n) is 3.50. The maximum atomic E-state index is 9.18. The number of aromatic nitrogens is 3. The van der Waals surface area contributed by atoms with E-state index in [0.717, 1.165) is 26.9 Å². The predicted molar refractivity (Wildman–Crippen MR) is 72.5 cm³/mol. The zero-order valence-electron chi connectivity index (χ0n) is 9.19. The van der Waals surface area contributed by atoms with Crippen molar-refractivity contribution < 1.29 is 5.11 Å². The van der Waals surface area contributed by atoms with Crippen LogP contribution in [0.2, 0.25) is 0 Å². The lowest BCUT2D eigenvalue weighted by Gasteiger charge is -2.07. The van der Waals surface area contributed by atoms with Gasteiger partial charge < -0.3 is 9.67 Å². The van der Waals surface area contributed by atoms with E-state index in [1.54, 1.807) is 0 Å². The standard InChI is InChI=1S/C11H11Br2N3O/c1-2-16-10(6-17)14-15-11(16)7-3-8(12)5-9(13)4-7/h3-5,17H,2,6H2,1H3. The maximum Gasteiger partial charge on any atom is 0.164 e. The SMILES string of the molecule is CCn1c(CO)nnc1-c1cc(Br)cc(Br)c1. The molecule has 0 amide bonds. The number of hydrogen-bond donors (Lipinski definition) is 1. The molecule has 1 aromatic carbocycles. The van der Waals surface area contributed by atoms with Crippen LogP contribution in [0.3, 0.4) is 0 Å². The Hall–Kier alpha value is -0.720. The monoisotopic (exact) mass is 359 g/mol. The van der Waals surface area contributed by atoms with Crippen LogP contribution in [0, 0.1) is 0 Å². The van der Waals surface area contributed by atoms with Crippen LogP contribution in [0.15, 0.2) is 27.1 Å². The normalized spacial score (nSPS) is 10.8. The zero-order chi connectivity index (χ0) is 12.4. The Kier molecular flexibility index (Phi) is 3.96. The van der Waals surface area contributed by atoms with E-state index in [4.69, 9.17) is 0 Å². The van der Waals surface area contributed by atoms with E-state index >= 15 is 0 Å². The fraction of sp³-hybridized carbons (Fsp3) is 0.273. The molecule has 0 aliphatic heterocycles. The van der Waals surface area contributed by atoms with Gasteiger partial charge in [0.05, 0.1) is 0 Å². The van der Waals surface area contributed by atoms with Gasteiger partial charge in [0.25, 0.3) is 0 Å². The van der Waals surface area contributed by atoms with Crippen LogP contribution in [0.5, 0.6) is 0 Å². The summed E-state index contributed by atoms with van der Waals surface area (Å²) in [6.07, 6.45) is 0. The number of nitrogens with zero attached hydrogens (tertiary/aromatic N) is 3. The highest BCUT2D eigenvalue weighted by Crippen LogP contribution is 2.27. The molecule has 0 atom stereocenters. The van der Waals surface area contributed by atoms with Gasteiger partial charge in [-0.25, -0.2) is 0 Å². The molecule has 0 bridgehead atoms. The van der Waals surface area contributed by atoms with Gasteiger partial charge in [-0.05, 0) is 25.1 Å². The van der Waals surface area contributed by atoms with E-state index in [1.807, 2.05) is 29.7 Å². The summed E-state index contributed by atoms with van der Waals surface area (Å²) in [5, 5.41) is 17.3. The molecule has 1 heterocycles. The molecule has 0 aliphatic carbocycles. The third kappa shape index (κ3) is 2.59. The van der Waals surface area contributed by atoms with Crippen molar-refractivity contribution in [3.8, 4) is 11.4 Å². The fourth-order valence-corrected chi connectivity index (χ4v) is 2.97. The van der Waals surface area contributed by atoms with Gasteiger partial charge in [-0.3, -0.25) is 0 Å². The van der Waals surface area contributed by atoms with Crippen LogP contribution in [0.1, 0.15) is 12.7 Å². The number of aliphatic hydroxyl groups is 1.